The number of nitrogens with one attached hydrogen (secondary N) is 1. The minimum atomic E-state index is -0.257. The van der Waals surface area contributed by atoms with Crippen LogP contribution in [0.4, 0.5) is 5.69 Å². The van der Waals surface area contributed by atoms with E-state index in [0.29, 0.717) is 0 Å². The van der Waals surface area contributed by atoms with Gasteiger partial charge in [-0.15, -0.1) is 0 Å². The average molecular weight is 304 g/mol. The van der Waals surface area contributed by atoms with Crippen molar-refractivity contribution in [2.75, 3.05) is 31.2 Å². The van der Waals surface area contributed by atoms with Crippen LogP contribution in [-0.2, 0) is 4.79 Å². The molecule has 2 aliphatic heterocycles. The van der Waals surface area contributed by atoms with Crippen LogP contribution in [0.15, 0.2) is 30.3 Å². The summed E-state index contributed by atoms with van der Waals surface area (Å²) in [4.78, 5) is 15.1. The number of hydrazine groups is 2. The van der Waals surface area contributed by atoms with Gasteiger partial charge in [0.15, 0.2) is 6.29 Å². The lowest BCUT2D eigenvalue weighted by Gasteiger charge is -2.36. The lowest BCUT2D eigenvalue weighted by molar-refractivity contribution is -0.117. The molecule has 0 aliphatic carbocycles. The Hall–Kier alpha value is -1.67. The van der Waals surface area contributed by atoms with Crippen molar-refractivity contribution in [3.63, 3.8) is 0 Å². The van der Waals surface area contributed by atoms with Crippen LogP contribution in [-0.4, -0.2) is 48.7 Å². The zero-order chi connectivity index (χ0) is 15.6. The third kappa shape index (κ3) is 2.80. The molecular weight excluding hydrogens is 280 g/mol. The number of rotatable bonds is 5. The number of nitrogens with zero attached hydrogens (tertiary/aromatic N) is 3. The van der Waals surface area contributed by atoms with E-state index in [1.54, 1.807) is 5.01 Å². The van der Waals surface area contributed by atoms with E-state index < -0.39 is 0 Å². The SMILES string of the molecule is NNC(N1CCC2(CCN(C=O)C2)C1)N(N)c1ccccc1. The molecule has 2 saturated heterocycles. The summed E-state index contributed by atoms with van der Waals surface area (Å²) >= 11 is 0. The number of carbonyl (C=O) groups excluding carboxylic acids is 1. The molecule has 120 valence electrons. The van der Waals surface area contributed by atoms with E-state index in [0.717, 1.165) is 51.1 Å². The van der Waals surface area contributed by atoms with Crippen LogP contribution in [0.2, 0.25) is 0 Å². The van der Waals surface area contributed by atoms with Crippen LogP contribution in [0, 0.1) is 5.41 Å². The molecule has 1 amide bonds. The maximum atomic E-state index is 11.0. The standard InChI is InChI=1S/C15H24N6O/c16-18-14(21(17)13-4-2-1-3-5-13)20-9-7-15(11-20)6-8-19(10-15)12-22/h1-5,12,14,18H,6-11,16-17H2. The predicted molar refractivity (Wildman–Crippen MR) is 85.1 cm³/mol. The molecule has 22 heavy (non-hydrogen) atoms. The van der Waals surface area contributed by atoms with Gasteiger partial charge in [-0.1, -0.05) is 18.2 Å². The van der Waals surface area contributed by atoms with Crippen LogP contribution in [0.3, 0.4) is 0 Å². The Morgan fingerprint density at radius 1 is 1.23 bits per heavy atom. The molecule has 2 fully saturated rings. The molecule has 0 saturated carbocycles. The number of hydrogen-bond acceptors (Lipinski definition) is 6. The lowest BCUT2D eigenvalue weighted by Crippen LogP contribution is -2.61. The number of hydrogen-bond donors (Lipinski definition) is 3. The van der Waals surface area contributed by atoms with Gasteiger partial charge in [-0.3, -0.25) is 20.5 Å². The molecule has 3 rings (SSSR count). The second kappa shape index (κ2) is 6.21. The van der Waals surface area contributed by atoms with Crippen LogP contribution >= 0.6 is 0 Å². The van der Waals surface area contributed by atoms with Gasteiger partial charge in [0.1, 0.15) is 0 Å². The highest BCUT2D eigenvalue weighted by atomic mass is 16.1. The molecule has 0 aromatic heterocycles. The number of anilines is 1. The lowest BCUT2D eigenvalue weighted by atomic mass is 9.86. The van der Waals surface area contributed by atoms with Gasteiger partial charge in [0, 0.05) is 31.6 Å². The van der Waals surface area contributed by atoms with Gasteiger partial charge in [-0.2, -0.15) is 0 Å². The molecular formula is C15H24N6O. The Morgan fingerprint density at radius 3 is 2.59 bits per heavy atom. The van der Waals surface area contributed by atoms with E-state index in [9.17, 15) is 4.79 Å². The highest BCUT2D eigenvalue weighted by Gasteiger charge is 2.45. The molecule has 1 aromatic carbocycles. The minimum Gasteiger partial charge on any atom is -0.345 e. The van der Waals surface area contributed by atoms with Gasteiger partial charge >= 0.3 is 0 Å². The van der Waals surface area contributed by atoms with Gasteiger partial charge < -0.3 is 4.90 Å². The van der Waals surface area contributed by atoms with Gasteiger partial charge in [-0.25, -0.2) is 11.3 Å². The molecule has 5 N–H and O–H groups in total. The Morgan fingerprint density at radius 2 is 1.95 bits per heavy atom. The molecule has 0 radical (unpaired) electrons. The van der Waals surface area contributed by atoms with Crippen molar-refractivity contribution in [2.45, 2.75) is 19.1 Å². The van der Waals surface area contributed by atoms with E-state index >= 15 is 0 Å². The first-order valence-electron chi connectivity index (χ1n) is 7.66. The van der Waals surface area contributed by atoms with Crippen LogP contribution in [0.25, 0.3) is 0 Å². The quantitative estimate of drug-likeness (QED) is 0.299. The molecule has 1 aromatic rings. The zero-order valence-corrected chi connectivity index (χ0v) is 12.7. The van der Waals surface area contributed by atoms with Crippen molar-refractivity contribution in [1.82, 2.24) is 15.2 Å². The first-order chi connectivity index (χ1) is 10.7. The Kier molecular flexibility index (Phi) is 4.30. The van der Waals surface area contributed by atoms with Crippen LogP contribution < -0.4 is 22.1 Å². The summed E-state index contributed by atoms with van der Waals surface area (Å²) in [6.45, 7) is 3.50. The van der Waals surface area contributed by atoms with Crippen molar-refractivity contribution < 1.29 is 4.79 Å². The molecule has 2 unspecified atom stereocenters. The summed E-state index contributed by atoms with van der Waals surface area (Å²) in [5.41, 5.74) is 3.92. The highest BCUT2D eigenvalue weighted by molar-refractivity contribution is 5.48. The van der Waals surface area contributed by atoms with E-state index in [2.05, 4.69) is 10.3 Å². The average Bonchev–Trinajstić information content (AvgIpc) is 3.16. The van der Waals surface area contributed by atoms with Crippen molar-refractivity contribution >= 4 is 12.1 Å². The fourth-order valence-electron chi connectivity index (χ4n) is 3.67. The number of amides is 1. The summed E-state index contributed by atoms with van der Waals surface area (Å²) < 4.78 is 0. The second-order valence-corrected chi connectivity index (χ2v) is 6.33. The normalized spacial score (nSPS) is 26.5. The van der Waals surface area contributed by atoms with Gasteiger partial charge in [-0.05, 0) is 25.0 Å². The van der Waals surface area contributed by atoms with Crippen molar-refractivity contribution in [3.8, 4) is 0 Å². The summed E-state index contributed by atoms with van der Waals surface area (Å²) in [5.74, 6) is 12.0. The molecule has 7 nitrogen and oxygen atoms in total. The Labute approximate surface area is 130 Å². The number of benzene rings is 1. The monoisotopic (exact) mass is 304 g/mol. The number of carbonyl (C=O) groups is 1. The number of para-hydroxylation sites is 1. The van der Waals surface area contributed by atoms with Gasteiger partial charge in [0.05, 0.1) is 5.69 Å². The molecule has 2 atom stereocenters. The molecule has 2 heterocycles. The fourth-order valence-corrected chi connectivity index (χ4v) is 3.67. The Balaban J connectivity index is 1.69. The van der Waals surface area contributed by atoms with Crippen molar-refractivity contribution in [3.05, 3.63) is 30.3 Å². The Bertz CT molecular complexity index is 512. The largest absolute Gasteiger partial charge is 0.345 e. The summed E-state index contributed by atoms with van der Waals surface area (Å²) in [6, 6.07) is 9.78. The molecule has 7 heteroatoms. The summed E-state index contributed by atoms with van der Waals surface area (Å²) in [6.07, 6.45) is 2.81. The van der Waals surface area contributed by atoms with E-state index in [1.165, 1.54) is 0 Å². The van der Waals surface area contributed by atoms with E-state index in [4.69, 9.17) is 11.7 Å². The van der Waals surface area contributed by atoms with E-state index in [-0.39, 0.29) is 11.7 Å². The minimum absolute atomic E-state index is 0.188. The van der Waals surface area contributed by atoms with E-state index in [1.807, 2.05) is 35.2 Å². The highest BCUT2D eigenvalue weighted by Crippen LogP contribution is 2.39. The van der Waals surface area contributed by atoms with Crippen LogP contribution in [0.1, 0.15) is 12.8 Å². The first-order valence-corrected chi connectivity index (χ1v) is 7.66. The summed E-state index contributed by atoms with van der Waals surface area (Å²) in [5, 5.41) is 1.66. The molecule has 0 bridgehead atoms. The second-order valence-electron chi connectivity index (χ2n) is 6.33. The topological polar surface area (TPSA) is 90.9 Å². The maximum absolute atomic E-state index is 11.0. The summed E-state index contributed by atoms with van der Waals surface area (Å²) in [7, 11) is 0. The van der Waals surface area contributed by atoms with Crippen molar-refractivity contribution in [1.29, 1.82) is 0 Å². The predicted octanol–water partition coefficient (Wildman–Crippen LogP) is -0.332. The third-order valence-electron chi connectivity index (χ3n) is 4.90. The van der Waals surface area contributed by atoms with Gasteiger partial charge in [0.25, 0.3) is 0 Å². The zero-order valence-electron chi connectivity index (χ0n) is 12.7. The number of likely N-dealkylation sites (tertiary alicyclic amines) is 2. The number of nitrogens with two attached hydrogens (primary N) is 2. The smallest absolute Gasteiger partial charge is 0.209 e. The fraction of sp³-hybridized carbons (Fsp3) is 0.533. The molecule has 2 aliphatic rings. The van der Waals surface area contributed by atoms with Crippen molar-refractivity contribution in [2.24, 2.45) is 17.1 Å². The third-order valence-corrected chi connectivity index (χ3v) is 4.90. The molecule has 1 spiro atoms. The first kappa shape index (κ1) is 15.2. The maximum Gasteiger partial charge on any atom is 0.209 e. The van der Waals surface area contributed by atoms with Crippen LogP contribution in [0.5, 0.6) is 0 Å². The van der Waals surface area contributed by atoms with Gasteiger partial charge in [0.2, 0.25) is 6.41 Å².